The minimum absolute atomic E-state index is 0.0809. The Hall–Kier alpha value is -4.76. The molecule has 0 saturated carbocycles. The molecule has 37 heavy (non-hydrogen) atoms. The van der Waals surface area contributed by atoms with Crippen LogP contribution in [0.25, 0.3) is 10.8 Å². The summed E-state index contributed by atoms with van der Waals surface area (Å²) >= 11 is 5.06. The van der Waals surface area contributed by atoms with E-state index in [0.717, 1.165) is 16.3 Å². The highest BCUT2D eigenvalue weighted by Gasteiger charge is 2.11. The average Bonchev–Trinajstić information content (AvgIpc) is 2.91. The summed E-state index contributed by atoms with van der Waals surface area (Å²) in [5, 5.41) is 7.23. The number of carbonyl (C=O) groups excluding carboxylic acids is 3. The summed E-state index contributed by atoms with van der Waals surface area (Å²) in [7, 11) is 0. The SMILES string of the molecule is Cc1ccccc1C(=O)Nc1ccc(C(=O)NNC(=S)NC(=O)COc2ccc3ccccc3c2)cc1. The van der Waals surface area contributed by atoms with E-state index in [4.69, 9.17) is 17.0 Å². The van der Waals surface area contributed by atoms with Gasteiger partial charge in [0.25, 0.3) is 17.7 Å². The predicted octanol–water partition coefficient (Wildman–Crippen LogP) is 4.12. The van der Waals surface area contributed by atoms with Crippen LogP contribution >= 0.6 is 12.2 Å². The van der Waals surface area contributed by atoms with E-state index in [9.17, 15) is 14.4 Å². The molecule has 0 aliphatic rings. The first-order valence-corrected chi connectivity index (χ1v) is 11.8. The fraction of sp³-hybridized carbons (Fsp3) is 0.0714. The number of nitrogens with one attached hydrogen (secondary N) is 4. The second kappa shape index (κ2) is 11.8. The average molecular weight is 513 g/mol. The van der Waals surface area contributed by atoms with Crippen LogP contribution in [-0.4, -0.2) is 29.4 Å². The number of thiocarbonyl (C=S) groups is 1. The van der Waals surface area contributed by atoms with Crippen molar-refractivity contribution in [1.82, 2.24) is 16.2 Å². The van der Waals surface area contributed by atoms with Gasteiger partial charge in [0.05, 0.1) is 0 Å². The molecule has 0 aromatic heterocycles. The number of rotatable bonds is 6. The molecule has 4 rings (SSSR count). The zero-order valence-electron chi connectivity index (χ0n) is 19.9. The third-order valence-electron chi connectivity index (χ3n) is 5.43. The summed E-state index contributed by atoms with van der Waals surface area (Å²) in [5.74, 6) is -0.628. The molecule has 0 aliphatic carbocycles. The van der Waals surface area contributed by atoms with E-state index in [1.54, 1.807) is 42.5 Å². The Kier molecular flexibility index (Phi) is 8.07. The van der Waals surface area contributed by atoms with Crippen LogP contribution in [0, 0.1) is 6.92 Å². The monoisotopic (exact) mass is 512 g/mol. The Bertz CT molecular complexity index is 1470. The third kappa shape index (κ3) is 6.89. The van der Waals surface area contributed by atoms with Crippen molar-refractivity contribution < 1.29 is 19.1 Å². The van der Waals surface area contributed by atoms with E-state index in [1.165, 1.54) is 0 Å². The summed E-state index contributed by atoms with van der Waals surface area (Å²) in [6.07, 6.45) is 0. The molecule has 0 heterocycles. The molecule has 0 atom stereocenters. The number of benzene rings is 4. The van der Waals surface area contributed by atoms with Gasteiger partial charge in [-0.05, 0) is 77.9 Å². The largest absolute Gasteiger partial charge is 0.484 e. The van der Waals surface area contributed by atoms with Crippen LogP contribution in [0.2, 0.25) is 0 Å². The Morgan fingerprint density at radius 1 is 0.784 bits per heavy atom. The fourth-order valence-electron chi connectivity index (χ4n) is 3.52. The van der Waals surface area contributed by atoms with Gasteiger partial charge in [-0.25, -0.2) is 0 Å². The number of hydrogen-bond acceptors (Lipinski definition) is 5. The highest BCUT2D eigenvalue weighted by molar-refractivity contribution is 7.80. The van der Waals surface area contributed by atoms with Gasteiger partial charge < -0.3 is 10.1 Å². The van der Waals surface area contributed by atoms with Gasteiger partial charge in [0, 0.05) is 16.8 Å². The maximum atomic E-state index is 12.4. The van der Waals surface area contributed by atoms with Crippen molar-refractivity contribution in [2.75, 3.05) is 11.9 Å². The van der Waals surface area contributed by atoms with E-state index in [-0.39, 0.29) is 17.6 Å². The normalized spacial score (nSPS) is 10.3. The standard InChI is InChI=1S/C28H24N4O4S/c1-18-6-2-5-9-24(18)27(35)29-22-13-10-20(11-14-22)26(34)31-32-28(37)30-25(33)17-36-23-15-12-19-7-3-4-8-21(19)16-23/h2-16H,17H2,1H3,(H,29,35)(H,31,34)(H2,30,32,33,37). The molecule has 0 aliphatic heterocycles. The zero-order valence-corrected chi connectivity index (χ0v) is 20.7. The molecule has 4 aromatic rings. The molecule has 0 saturated heterocycles. The van der Waals surface area contributed by atoms with Crippen LogP contribution in [0.15, 0.2) is 91.0 Å². The third-order valence-corrected chi connectivity index (χ3v) is 5.63. The number of ether oxygens (including phenoxy) is 1. The number of amides is 3. The molecule has 0 spiro atoms. The highest BCUT2D eigenvalue weighted by Crippen LogP contribution is 2.20. The van der Waals surface area contributed by atoms with Crippen LogP contribution in [0.3, 0.4) is 0 Å². The van der Waals surface area contributed by atoms with E-state index in [2.05, 4.69) is 21.5 Å². The van der Waals surface area contributed by atoms with E-state index in [1.807, 2.05) is 55.5 Å². The van der Waals surface area contributed by atoms with Crippen LogP contribution in [0.5, 0.6) is 5.75 Å². The molecular weight excluding hydrogens is 488 g/mol. The minimum Gasteiger partial charge on any atom is -0.484 e. The number of fused-ring (bicyclic) bond motifs is 1. The first-order valence-electron chi connectivity index (χ1n) is 11.4. The van der Waals surface area contributed by atoms with Crippen molar-refractivity contribution in [2.24, 2.45) is 0 Å². The van der Waals surface area contributed by atoms with E-state index in [0.29, 0.717) is 22.6 Å². The lowest BCUT2D eigenvalue weighted by Crippen LogP contribution is -2.49. The van der Waals surface area contributed by atoms with Crippen LogP contribution in [0.1, 0.15) is 26.3 Å². The second-order valence-corrected chi connectivity index (χ2v) is 8.51. The lowest BCUT2D eigenvalue weighted by atomic mass is 10.1. The molecular formula is C28H24N4O4S. The molecule has 0 unspecified atom stereocenters. The first kappa shape index (κ1) is 25.3. The Labute approximate surface area is 219 Å². The van der Waals surface area contributed by atoms with E-state index >= 15 is 0 Å². The van der Waals surface area contributed by atoms with Gasteiger partial charge in [0.15, 0.2) is 11.7 Å². The van der Waals surface area contributed by atoms with Crippen molar-refractivity contribution in [1.29, 1.82) is 0 Å². The molecule has 0 radical (unpaired) electrons. The molecule has 4 N–H and O–H groups in total. The maximum absolute atomic E-state index is 12.4. The Morgan fingerprint density at radius 2 is 1.49 bits per heavy atom. The number of anilines is 1. The molecule has 8 nitrogen and oxygen atoms in total. The lowest BCUT2D eigenvalue weighted by molar-refractivity contribution is -0.121. The number of hydrazine groups is 1. The molecule has 3 amide bonds. The minimum atomic E-state index is -0.478. The fourth-order valence-corrected chi connectivity index (χ4v) is 3.68. The van der Waals surface area contributed by atoms with Gasteiger partial charge in [-0.15, -0.1) is 0 Å². The second-order valence-electron chi connectivity index (χ2n) is 8.10. The predicted molar refractivity (Wildman–Crippen MR) is 146 cm³/mol. The van der Waals surface area contributed by atoms with Gasteiger partial charge in [0.1, 0.15) is 5.75 Å². The summed E-state index contributed by atoms with van der Waals surface area (Å²) < 4.78 is 5.53. The highest BCUT2D eigenvalue weighted by atomic mass is 32.1. The van der Waals surface area contributed by atoms with Gasteiger partial charge in [0.2, 0.25) is 0 Å². The molecule has 0 fully saturated rings. The van der Waals surface area contributed by atoms with Crippen molar-refractivity contribution in [3.63, 3.8) is 0 Å². The number of carbonyl (C=O) groups is 3. The van der Waals surface area contributed by atoms with Crippen molar-refractivity contribution in [3.8, 4) is 5.75 Å². The van der Waals surface area contributed by atoms with Crippen molar-refractivity contribution in [3.05, 3.63) is 108 Å². The molecule has 9 heteroatoms. The number of hydrogen-bond donors (Lipinski definition) is 4. The van der Waals surface area contributed by atoms with Crippen molar-refractivity contribution >= 4 is 51.5 Å². The smallest absolute Gasteiger partial charge is 0.269 e. The topological polar surface area (TPSA) is 109 Å². The van der Waals surface area contributed by atoms with E-state index < -0.39 is 11.8 Å². The quantitative estimate of drug-likeness (QED) is 0.229. The van der Waals surface area contributed by atoms with Gasteiger partial charge in [-0.3, -0.25) is 30.6 Å². The van der Waals surface area contributed by atoms with Gasteiger partial charge >= 0.3 is 0 Å². The summed E-state index contributed by atoms with van der Waals surface area (Å²) in [6.45, 7) is 1.61. The summed E-state index contributed by atoms with van der Waals surface area (Å²) in [4.78, 5) is 37.0. The summed E-state index contributed by atoms with van der Waals surface area (Å²) in [6, 6.07) is 27.0. The van der Waals surface area contributed by atoms with Crippen LogP contribution < -0.4 is 26.2 Å². The van der Waals surface area contributed by atoms with Gasteiger partial charge in [-0.2, -0.15) is 0 Å². The van der Waals surface area contributed by atoms with Crippen LogP contribution in [-0.2, 0) is 4.79 Å². The molecule has 4 aromatic carbocycles. The summed E-state index contributed by atoms with van der Waals surface area (Å²) in [5.41, 5.74) is 7.22. The Morgan fingerprint density at radius 3 is 2.24 bits per heavy atom. The Balaban J connectivity index is 1.21. The first-order chi connectivity index (χ1) is 17.9. The zero-order chi connectivity index (χ0) is 26.2. The maximum Gasteiger partial charge on any atom is 0.269 e. The molecule has 186 valence electrons. The van der Waals surface area contributed by atoms with Crippen molar-refractivity contribution in [2.45, 2.75) is 6.92 Å². The number of aryl methyl sites for hydroxylation is 1. The van der Waals surface area contributed by atoms with Crippen LogP contribution in [0.4, 0.5) is 5.69 Å². The van der Waals surface area contributed by atoms with Gasteiger partial charge in [-0.1, -0.05) is 48.5 Å². The molecule has 0 bridgehead atoms. The lowest BCUT2D eigenvalue weighted by Gasteiger charge is -2.12.